The van der Waals surface area contributed by atoms with E-state index in [0.29, 0.717) is 13.0 Å². The Morgan fingerprint density at radius 3 is 2.29 bits per heavy atom. The van der Waals surface area contributed by atoms with E-state index >= 15 is 0 Å². The van der Waals surface area contributed by atoms with Crippen molar-refractivity contribution in [1.29, 1.82) is 0 Å². The van der Waals surface area contributed by atoms with Gasteiger partial charge in [-0.15, -0.1) is 6.58 Å². The zero-order valence-electron chi connectivity index (χ0n) is 16.4. The largest absolute Gasteiger partial charge is 0.351 e. The first-order valence-electron chi connectivity index (χ1n) is 9.39. The normalized spacial score (nSPS) is 11.7. The second-order valence-electron chi connectivity index (χ2n) is 6.99. The number of hydrogen-bond acceptors (Lipinski definition) is 2. The molecule has 2 amide bonds. The summed E-state index contributed by atoms with van der Waals surface area (Å²) in [5.41, 5.74) is 1.73. The average molecular weight is 382 g/mol. The number of rotatable bonds is 9. The summed E-state index contributed by atoms with van der Waals surface area (Å²) in [6.07, 6.45) is 2.00. The Bertz CT molecular complexity index is 788. The summed E-state index contributed by atoms with van der Waals surface area (Å²) in [6.45, 7) is 7.80. The summed E-state index contributed by atoms with van der Waals surface area (Å²) in [5.74, 6) is -0.972. The summed E-state index contributed by atoms with van der Waals surface area (Å²) in [7, 11) is 0. The van der Waals surface area contributed by atoms with Gasteiger partial charge in [-0.25, -0.2) is 4.39 Å². The maximum atomic E-state index is 13.3. The number of nitrogens with zero attached hydrogens (tertiary/aromatic N) is 1. The Morgan fingerprint density at radius 2 is 1.71 bits per heavy atom. The third-order valence-corrected chi connectivity index (χ3v) is 4.41. The van der Waals surface area contributed by atoms with Crippen LogP contribution in [0.15, 0.2) is 67.3 Å². The maximum absolute atomic E-state index is 13.3. The van der Waals surface area contributed by atoms with E-state index in [4.69, 9.17) is 0 Å². The van der Waals surface area contributed by atoms with Crippen LogP contribution in [0.3, 0.4) is 0 Å². The van der Waals surface area contributed by atoms with E-state index in [1.165, 1.54) is 12.1 Å². The van der Waals surface area contributed by atoms with Crippen molar-refractivity contribution in [2.75, 3.05) is 6.54 Å². The van der Waals surface area contributed by atoms with E-state index in [1.807, 2.05) is 30.3 Å². The molecule has 0 radical (unpaired) electrons. The molecule has 0 aliphatic heterocycles. The minimum atomic E-state index is -0.678. The van der Waals surface area contributed by atoms with E-state index in [0.717, 1.165) is 11.1 Å². The fourth-order valence-corrected chi connectivity index (χ4v) is 2.93. The highest BCUT2D eigenvalue weighted by atomic mass is 19.1. The van der Waals surface area contributed by atoms with Crippen molar-refractivity contribution >= 4 is 11.8 Å². The number of hydrogen-bond donors (Lipinski definition) is 1. The molecular weight excluding hydrogens is 355 g/mol. The van der Waals surface area contributed by atoms with Crippen LogP contribution in [0, 0.1) is 11.7 Å². The van der Waals surface area contributed by atoms with Gasteiger partial charge in [-0.3, -0.25) is 9.59 Å². The second-order valence-corrected chi connectivity index (χ2v) is 6.99. The van der Waals surface area contributed by atoms with Gasteiger partial charge in [-0.05, 0) is 23.3 Å². The average Bonchev–Trinajstić information content (AvgIpc) is 2.70. The van der Waals surface area contributed by atoms with Crippen molar-refractivity contribution in [1.82, 2.24) is 10.2 Å². The van der Waals surface area contributed by atoms with Crippen molar-refractivity contribution in [2.45, 2.75) is 32.9 Å². The molecule has 1 N–H and O–H groups in total. The zero-order valence-corrected chi connectivity index (χ0v) is 16.4. The van der Waals surface area contributed by atoms with Gasteiger partial charge in [-0.1, -0.05) is 62.4 Å². The number of nitrogens with one attached hydrogen (secondary N) is 1. The quantitative estimate of drug-likeness (QED) is 0.672. The van der Waals surface area contributed by atoms with Crippen LogP contribution >= 0.6 is 0 Å². The minimum Gasteiger partial charge on any atom is -0.351 e. The molecule has 0 heterocycles. The van der Waals surface area contributed by atoms with E-state index in [2.05, 4.69) is 11.9 Å². The van der Waals surface area contributed by atoms with Crippen molar-refractivity contribution in [3.8, 4) is 0 Å². The van der Waals surface area contributed by atoms with Gasteiger partial charge in [0.15, 0.2) is 0 Å². The Morgan fingerprint density at radius 1 is 1.07 bits per heavy atom. The predicted octanol–water partition coefficient (Wildman–Crippen LogP) is 3.72. The van der Waals surface area contributed by atoms with E-state index < -0.39 is 6.04 Å². The van der Waals surface area contributed by atoms with Crippen LogP contribution in [-0.2, 0) is 22.6 Å². The first-order chi connectivity index (χ1) is 13.4. The lowest BCUT2D eigenvalue weighted by atomic mass is 10.0. The van der Waals surface area contributed by atoms with E-state index in [9.17, 15) is 14.0 Å². The second kappa shape index (κ2) is 10.4. The van der Waals surface area contributed by atoms with Gasteiger partial charge >= 0.3 is 0 Å². The molecule has 0 bridgehead atoms. The van der Waals surface area contributed by atoms with Gasteiger partial charge in [0.1, 0.15) is 11.9 Å². The fourth-order valence-electron chi connectivity index (χ4n) is 2.93. The predicted molar refractivity (Wildman–Crippen MR) is 109 cm³/mol. The van der Waals surface area contributed by atoms with Gasteiger partial charge in [0.05, 0.1) is 0 Å². The first kappa shape index (κ1) is 21.4. The van der Waals surface area contributed by atoms with Crippen molar-refractivity contribution < 1.29 is 14.0 Å². The standard InChI is InChI=1S/C23H27FN2O2/c1-4-14-25-22(27)21(15-18-8-6-5-7-9-18)26(23(28)17(2)3)16-19-10-12-20(24)13-11-19/h4-13,17,21H,1,14-16H2,2-3H3,(H,25,27)/t21-/m1/s1. The summed E-state index contributed by atoms with van der Waals surface area (Å²) in [5, 5.41) is 2.81. The lowest BCUT2D eigenvalue weighted by Gasteiger charge is -2.32. The number of carbonyl (C=O) groups is 2. The summed E-state index contributed by atoms with van der Waals surface area (Å²) >= 11 is 0. The lowest BCUT2D eigenvalue weighted by molar-refractivity contribution is -0.143. The van der Waals surface area contributed by atoms with Gasteiger partial charge < -0.3 is 10.2 Å². The Hall–Kier alpha value is -2.95. The highest BCUT2D eigenvalue weighted by molar-refractivity contribution is 5.88. The molecule has 0 saturated heterocycles. The van der Waals surface area contributed by atoms with Gasteiger partial charge in [0.25, 0.3) is 0 Å². The SMILES string of the molecule is C=CCNC(=O)[C@@H](Cc1ccccc1)N(Cc1ccc(F)cc1)C(=O)C(C)C. The highest BCUT2D eigenvalue weighted by Crippen LogP contribution is 2.17. The molecule has 0 fully saturated rings. The number of halogens is 1. The molecule has 4 nitrogen and oxygen atoms in total. The molecule has 28 heavy (non-hydrogen) atoms. The highest BCUT2D eigenvalue weighted by Gasteiger charge is 2.31. The molecule has 0 spiro atoms. The van der Waals surface area contributed by atoms with Crippen LogP contribution in [-0.4, -0.2) is 29.3 Å². The molecule has 0 unspecified atom stereocenters. The lowest BCUT2D eigenvalue weighted by Crippen LogP contribution is -2.51. The number of carbonyl (C=O) groups excluding carboxylic acids is 2. The first-order valence-corrected chi connectivity index (χ1v) is 9.39. The van der Waals surface area contributed by atoms with Crippen LogP contribution in [0.5, 0.6) is 0 Å². The zero-order chi connectivity index (χ0) is 20.5. The monoisotopic (exact) mass is 382 g/mol. The third kappa shape index (κ3) is 6.05. The van der Waals surface area contributed by atoms with Crippen LogP contribution in [0.25, 0.3) is 0 Å². The minimum absolute atomic E-state index is 0.126. The molecule has 2 aromatic carbocycles. The molecule has 2 rings (SSSR count). The van der Waals surface area contributed by atoms with Gasteiger partial charge in [0, 0.05) is 25.4 Å². The molecule has 0 aliphatic carbocycles. The molecule has 5 heteroatoms. The van der Waals surface area contributed by atoms with Crippen LogP contribution in [0.1, 0.15) is 25.0 Å². The third-order valence-electron chi connectivity index (χ3n) is 4.41. The van der Waals surface area contributed by atoms with Gasteiger partial charge in [0.2, 0.25) is 11.8 Å². The Balaban J connectivity index is 2.36. The molecule has 2 aromatic rings. The molecule has 0 saturated carbocycles. The Labute approximate surface area is 166 Å². The van der Waals surface area contributed by atoms with Crippen LogP contribution in [0.4, 0.5) is 4.39 Å². The van der Waals surface area contributed by atoms with Crippen molar-refractivity contribution in [3.63, 3.8) is 0 Å². The molecule has 0 aromatic heterocycles. The number of benzene rings is 2. The maximum Gasteiger partial charge on any atom is 0.243 e. The smallest absolute Gasteiger partial charge is 0.243 e. The van der Waals surface area contributed by atoms with E-state index in [1.54, 1.807) is 37.0 Å². The van der Waals surface area contributed by atoms with Gasteiger partial charge in [-0.2, -0.15) is 0 Å². The van der Waals surface area contributed by atoms with Crippen LogP contribution < -0.4 is 5.32 Å². The molecule has 148 valence electrons. The summed E-state index contributed by atoms with van der Waals surface area (Å²) in [6, 6.07) is 14.9. The topological polar surface area (TPSA) is 49.4 Å². The molecule has 1 atom stereocenters. The summed E-state index contributed by atoms with van der Waals surface area (Å²) < 4.78 is 13.3. The van der Waals surface area contributed by atoms with Crippen molar-refractivity contribution in [3.05, 3.63) is 84.2 Å². The molecule has 0 aliphatic rings. The Kier molecular flexibility index (Phi) is 7.93. The van der Waals surface area contributed by atoms with Crippen LogP contribution in [0.2, 0.25) is 0 Å². The summed E-state index contributed by atoms with van der Waals surface area (Å²) in [4.78, 5) is 27.5. The fraction of sp³-hybridized carbons (Fsp3) is 0.304. The van der Waals surface area contributed by atoms with E-state index in [-0.39, 0.29) is 30.1 Å². The number of amides is 2. The molecular formula is C23H27FN2O2. The van der Waals surface area contributed by atoms with Crippen molar-refractivity contribution in [2.24, 2.45) is 5.92 Å².